The molecule has 6 nitrogen and oxygen atoms in total. The minimum absolute atomic E-state index is 0.121. The third-order valence-corrected chi connectivity index (χ3v) is 4.86. The largest absolute Gasteiger partial charge is 0.497 e. The van der Waals surface area contributed by atoms with Gasteiger partial charge in [0.15, 0.2) is 0 Å². The van der Waals surface area contributed by atoms with Crippen molar-refractivity contribution in [1.82, 2.24) is 10.2 Å². The number of methoxy groups -OCH3 is 2. The van der Waals surface area contributed by atoms with E-state index in [1.54, 1.807) is 31.3 Å². The van der Waals surface area contributed by atoms with Crippen LogP contribution in [0.15, 0.2) is 42.5 Å². The van der Waals surface area contributed by atoms with Crippen molar-refractivity contribution < 1.29 is 19.1 Å². The smallest absolute Gasteiger partial charge is 0.255 e. The van der Waals surface area contributed by atoms with Crippen LogP contribution in [0.2, 0.25) is 0 Å². The maximum absolute atomic E-state index is 13.0. The van der Waals surface area contributed by atoms with Crippen molar-refractivity contribution in [2.45, 2.75) is 38.8 Å². The van der Waals surface area contributed by atoms with Gasteiger partial charge in [-0.1, -0.05) is 18.2 Å². The van der Waals surface area contributed by atoms with Gasteiger partial charge in [-0.2, -0.15) is 0 Å². The zero-order valence-electron chi connectivity index (χ0n) is 17.6. The second-order valence-electron chi connectivity index (χ2n) is 8.20. The summed E-state index contributed by atoms with van der Waals surface area (Å²) in [6, 6.07) is 12.3. The Balaban J connectivity index is 1.87. The van der Waals surface area contributed by atoms with Crippen molar-refractivity contribution in [3.8, 4) is 11.5 Å². The molecule has 2 amide bonds. The van der Waals surface area contributed by atoms with E-state index in [2.05, 4.69) is 5.32 Å². The first-order valence-electron chi connectivity index (χ1n) is 9.67. The predicted octanol–water partition coefficient (Wildman–Crippen LogP) is 3.36. The fraction of sp³-hybridized carbons (Fsp3) is 0.391. The molecule has 0 spiro atoms. The van der Waals surface area contributed by atoms with Gasteiger partial charge in [0.25, 0.3) is 5.91 Å². The maximum Gasteiger partial charge on any atom is 0.255 e. The highest BCUT2D eigenvalue weighted by molar-refractivity contribution is 6.04. The topological polar surface area (TPSA) is 67.9 Å². The Bertz CT molecular complexity index is 895. The van der Waals surface area contributed by atoms with Gasteiger partial charge in [-0.05, 0) is 56.5 Å². The average Bonchev–Trinajstić information content (AvgIpc) is 2.97. The quantitative estimate of drug-likeness (QED) is 0.813. The highest BCUT2D eigenvalue weighted by atomic mass is 16.5. The van der Waals surface area contributed by atoms with E-state index in [0.29, 0.717) is 30.0 Å². The van der Waals surface area contributed by atoms with Crippen LogP contribution in [0, 0.1) is 0 Å². The van der Waals surface area contributed by atoms with Crippen LogP contribution in [0.3, 0.4) is 0 Å². The standard InChI is InChI=1S/C23H28N2O4/c1-23(2,3)24-21(26)20-18-8-6-7-9-19(18)22(27)25(20)11-10-15-12-16(28-4)14-17(13-15)29-5/h6-9,12-14,20H,10-11H2,1-5H3,(H,24,26). The summed E-state index contributed by atoms with van der Waals surface area (Å²) < 4.78 is 10.7. The number of fused-ring (bicyclic) bond motifs is 1. The first-order chi connectivity index (χ1) is 13.7. The van der Waals surface area contributed by atoms with E-state index in [0.717, 1.165) is 11.1 Å². The summed E-state index contributed by atoms with van der Waals surface area (Å²) in [5, 5.41) is 3.01. The molecular formula is C23H28N2O4. The molecule has 0 radical (unpaired) electrons. The Morgan fingerprint density at radius 1 is 1.07 bits per heavy atom. The summed E-state index contributed by atoms with van der Waals surface area (Å²) in [7, 11) is 3.21. The number of carbonyl (C=O) groups excluding carboxylic acids is 2. The Morgan fingerprint density at radius 3 is 2.28 bits per heavy atom. The first-order valence-corrected chi connectivity index (χ1v) is 9.67. The monoisotopic (exact) mass is 396 g/mol. The predicted molar refractivity (Wildman–Crippen MR) is 111 cm³/mol. The van der Waals surface area contributed by atoms with Crippen LogP contribution < -0.4 is 14.8 Å². The summed E-state index contributed by atoms with van der Waals surface area (Å²) >= 11 is 0. The van der Waals surface area contributed by atoms with E-state index in [9.17, 15) is 9.59 Å². The van der Waals surface area contributed by atoms with Crippen LogP contribution >= 0.6 is 0 Å². The zero-order chi connectivity index (χ0) is 21.2. The number of amides is 2. The van der Waals surface area contributed by atoms with E-state index >= 15 is 0 Å². The fourth-order valence-electron chi connectivity index (χ4n) is 3.58. The molecule has 1 aliphatic heterocycles. The molecule has 2 aromatic carbocycles. The molecule has 6 heteroatoms. The fourth-order valence-corrected chi connectivity index (χ4v) is 3.58. The molecule has 0 saturated carbocycles. The number of hydrogen-bond acceptors (Lipinski definition) is 4. The minimum Gasteiger partial charge on any atom is -0.497 e. The van der Waals surface area contributed by atoms with Crippen LogP contribution in [-0.4, -0.2) is 43.0 Å². The van der Waals surface area contributed by atoms with Gasteiger partial charge in [0.1, 0.15) is 17.5 Å². The molecule has 1 heterocycles. The van der Waals surface area contributed by atoms with E-state index in [1.165, 1.54) is 0 Å². The number of benzene rings is 2. The summed E-state index contributed by atoms with van der Waals surface area (Å²) in [6.07, 6.45) is 0.576. The Kier molecular flexibility index (Phi) is 5.82. The maximum atomic E-state index is 13.0. The molecule has 29 heavy (non-hydrogen) atoms. The SMILES string of the molecule is COc1cc(CCN2C(=O)c3ccccc3C2C(=O)NC(C)(C)C)cc(OC)c1. The minimum atomic E-state index is -0.634. The zero-order valence-corrected chi connectivity index (χ0v) is 17.6. The summed E-state index contributed by atoms with van der Waals surface area (Å²) in [5.41, 5.74) is 1.93. The van der Waals surface area contributed by atoms with Crippen LogP contribution in [0.5, 0.6) is 11.5 Å². The van der Waals surface area contributed by atoms with Gasteiger partial charge in [-0.15, -0.1) is 0 Å². The highest BCUT2D eigenvalue weighted by Crippen LogP contribution is 2.34. The second kappa shape index (κ2) is 8.15. The molecule has 0 aromatic heterocycles. The van der Waals surface area contributed by atoms with Crippen LogP contribution in [0.25, 0.3) is 0 Å². The first kappa shape index (κ1) is 20.7. The molecule has 1 aliphatic rings. The van der Waals surface area contributed by atoms with Gasteiger partial charge >= 0.3 is 0 Å². The van der Waals surface area contributed by atoms with E-state index in [4.69, 9.17) is 9.47 Å². The Labute approximate surface area is 171 Å². The molecule has 2 aromatic rings. The molecule has 0 fully saturated rings. The molecule has 0 saturated heterocycles. The number of carbonyl (C=O) groups is 2. The Hall–Kier alpha value is -3.02. The van der Waals surface area contributed by atoms with Crippen molar-refractivity contribution >= 4 is 11.8 Å². The molecule has 3 rings (SSSR count). The highest BCUT2D eigenvalue weighted by Gasteiger charge is 2.41. The lowest BCUT2D eigenvalue weighted by atomic mass is 10.0. The molecule has 154 valence electrons. The van der Waals surface area contributed by atoms with Gasteiger partial charge < -0.3 is 19.7 Å². The third kappa shape index (κ3) is 4.53. The number of ether oxygens (including phenoxy) is 2. The molecule has 1 N–H and O–H groups in total. The van der Waals surface area contributed by atoms with Crippen molar-refractivity contribution in [2.24, 2.45) is 0 Å². The normalized spacial score (nSPS) is 15.8. The summed E-state index contributed by atoms with van der Waals surface area (Å²) in [6.45, 7) is 6.20. The van der Waals surface area contributed by atoms with E-state index in [1.807, 2.05) is 51.1 Å². The van der Waals surface area contributed by atoms with Crippen LogP contribution in [-0.2, 0) is 11.2 Å². The van der Waals surface area contributed by atoms with Crippen molar-refractivity contribution in [3.63, 3.8) is 0 Å². The van der Waals surface area contributed by atoms with Crippen LogP contribution in [0.1, 0.15) is 48.3 Å². The van der Waals surface area contributed by atoms with Gasteiger partial charge in [0.05, 0.1) is 14.2 Å². The van der Waals surface area contributed by atoms with Gasteiger partial charge in [0, 0.05) is 23.7 Å². The number of nitrogens with one attached hydrogen (secondary N) is 1. The lowest BCUT2D eigenvalue weighted by Gasteiger charge is -2.29. The van der Waals surface area contributed by atoms with Gasteiger partial charge in [0.2, 0.25) is 5.91 Å². The lowest BCUT2D eigenvalue weighted by Crippen LogP contribution is -2.47. The van der Waals surface area contributed by atoms with Gasteiger partial charge in [-0.25, -0.2) is 0 Å². The average molecular weight is 396 g/mol. The van der Waals surface area contributed by atoms with E-state index in [-0.39, 0.29) is 17.4 Å². The summed E-state index contributed by atoms with van der Waals surface area (Å²) in [5.74, 6) is 1.10. The second-order valence-corrected chi connectivity index (χ2v) is 8.20. The van der Waals surface area contributed by atoms with Crippen molar-refractivity contribution in [1.29, 1.82) is 0 Å². The molecule has 0 aliphatic carbocycles. The molecule has 1 unspecified atom stereocenters. The lowest BCUT2D eigenvalue weighted by molar-refractivity contribution is -0.127. The van der Waals surface area contributed by atoms with Crippen molar-refractivity contribution in [2.75, 3.05) is 20.8 Å². The third-order valence-electron chi connectivity index (χ3n) is 4.86. The number of rotatable bonds is 6. The summed E-state index contributed by atoms with van der Waals surface area (Å²) in [4.78, 5) is 27.7. The van der Waals surface area contributed by atoms with E-state index < -0.39 is 6.04 Å². The Morgan fingerprint density at radius 2 is 1.69 bits per heavy atom. The van der Waals surface area contributed by atoms with Crippen molar-refractivity contribution in [3.05, 3.63) is 59.2 Å². The molecular weight excluding hydrogens is 368 g/mol. The number of nitrogens with zero attached hydrogens (tertiary/aromatic N) is 1. The number of hydrogen-bond donors (Lipinski definition) is 1. The molecule has 1 atom stereocenters. The van der Waals surface area contributed by atoms with Gasteiger partial charge in [-0.3, -0.25) is 9.59 Å². The molecule has 0 bridgehead atoms. The van der Waals surface area contributed by atoms with Crippen LogP contribution in [0.4, 0.5) is 0 Å².